The minimum atomic E-state index is 0.00107. The van der Waals surface area contributed by atoms with Gasteiger partial charge in [-0.05, 0) is 18.9 Å². The number of amides is 1. The van der Waals surface area contributed by atoms with Crippen LogP contribution in [-0.2, 0) is 0 Å². The minimum absolute atomic E-state index is 0.00107. The summed E-state index contributed by atoms with van der Waals surface area (Å²) in [6.07, 6.45) is 0.871. The number of carbonyl (C=O) groups excluding carboxylic acids is 1. The number of nitrogens with zero attached hydrogens (tertiary/aromatic N) is 2. The van der Waals surface area contributed by atoms with Gasteiger partial charge in [-0.1, -0.05) is 30.3 Å². The van der Waals surface area contributed by atoms with Crippen LogP contribution in [0, 0.1) is 6.92 Å². The molecule has 3 rings (SSSR count). The smallest absolute Gasteiger partial charge is 0.274 e. The molecule has 0 spiro atoms. The molecule has 1 aliphatic rings. The number of thiazole rings is 1. The number of aryl methyl sites for hydroxylation is 1. The Morgan fingerprint density at radius 2 is 2.15 bits per heavy atom. The second-order valence-electron chi connectivity index (χ2n) is 5.08. The Morgan fingerprint density at radius 3 is 2.80 bits per heavy atom. The van der Waals surface area contributed by atoms with Gasteiger partial charge in [0, 0.05) is 19.1 Å². The van der Waals surface area contributed by atoms with Crippen LogP contribution in [0.15, 0.2) is 30.3 Å². The Balaban J connectivity index is 1.96. The highest BCUT2D eigenvalue weighted by Crippen LogP contribution is 2.31. The lowest BCUT2D eigenvalue weighted by Crippen LogP contribution is -2.32. The summed E-state index contributed by atoms with van der Waals surface area (Å²) in [5.74, 6) is 0.00107. The fourth-order valence-corrected chi connectivity index (χ4v) is 3.39. The molecule has 0 radical (unpaired) electrons. The van der Waals surface area contributed by atoms with Gasteiger partial charge in [-0.3, -0.25) is 4.79 Å². The van der Waals surface area contributed by atoms with Crippen LogP contribution in [0.3, 0.4) is 0 Å². The van der Waals surface area contributed by atoms with Gasteiger partial charge in [-0.2, -0.15) is 0 Å². The first-order valence-electron chi connectivity index (χ1n) is 6.73. The van der Waals surface area contributed by atoms with Gasteiger partial charge < -0.3 is 10.6 Å². The average molecular weight is 287 g/mol. The Morgan fingerprint density at radius 1 is 1.40 bits per heavy atom. The first-order chi connectivity index (χ1) is 9.65. The van der Waals surface area contributed by atoms with E-state index in [9.17, 15) is 4.79 Å². The molecule has 1 unspecified atom stereocenters. The molecule has 104 valence electrons. The zero-order valence-electron chi connectivity index (χ0n) is 11.4. The molecule has 2 N–H and O–H groups in total. The molecule has 0 bridgehead atoms. The summed E-state index contributed by atoms with van der Waals surface area (Å²) < 4.78 is 0. The lowest BCUT2D eigenvalue weighted by molar-refractivity contribution is 0.0786. The zero-order chi connectivity index (χ0) is 14.1. The van der Waals surface area contributed by atoms with Crippen LogP contribution in [-0.4, -0.2) is 34.9 Å². The third-order valence-electron chi connectivity index (χ3n) is 3.48. The molecule has 0 saturated carbocycles. The largest absolute Gasteiger partial charge is 0.336 e. The highest BCUT2D eigenvalue weighted by Gasteiger charge is 2.28. The molecule has 2 heterocycles. The van der Waals surface area contributed by atoms with E-state index in [0.29, 0.717) is 12.2 Å². The van der Waals surface area contributed by atoms with E-state index < -0.39 is 0 Å². The highest BCUT2D eigenvalue weighted by atomic mass is 32.1. The lowest BCUT2D eigenvalue weighted by atomic mass is 10.1. The Hall–Kier alpha value is -1.72. The van der Waals surface area contributed by atoms with Crippen molar-refractivity contribution in [2.75, 3.05) is 13.1 Å². The van der Waals surface area contributed by atoms with Gasteiger partial charge in [0.25, 0.3) is 5.91 Å². The maximum atomic E-state index is 12.6. The third-order valence-corrected chi connectivity index (χ3v) is 4.50. The average Bonchev–Trinajstić information content (AvgIpc) is 3.05. The number of benzene rings is 1. The van der Waals surface area contributed by atoms with Gasteiger partial charge in [0.15, 0.2) is 0 Å². The van der Waals surface area contributed by atoms with Crippen LogP contribution in [0.5, 0.6) is 0 Å². The van der Waals surface area contributed by atoms with Crippen molar-refractivity contribution in [3.8, 4) is 10.4 Å². The van der Waals surface area contributed by atoms with Crippen molar-refractivity contribution in [3.63, 3.8) is 0 Å². The molecular formula is C15H17N3OS. The first kappa shape index (κ1) is 13.3. The summed E-state index contributed by atoms with van der Waals surface area (Å²) in [5.41, 5.74) is 7.49. The fourth-order valence-electron chi connectivity index (χ4n) is 2.48. The second kappa shape index (κ2) is 5.34. The molecule has 1 aromatic carbocycles. The SMILES string of the molecule is Cc1nc(C(=O)N2CCC(N)C2)c(-c2ccccc2)s1. The van der Waals surface area contributed by atoms with Crippen molar-refractivity contribution >= 4 is 17.2 Å². The van der Waals surface area contributed by atoms with Crippen molar-refractivity contribution in [1.82, 2.24) is 9.88 Å². The maximum Gasteiger partial charge on any atom is 0.274 e. The van der Waals surface area contributed by atoms with E-state index >= 15 is 0 Å². The van der Waals surface area contributed by atoms with Crippen molar-refractivity contribution in [2.24, 2.45) is 5.73 Å². The number of rotatable bonds is 2. The van der Waals surface area contributed by atoms with Gasteiger partial charge in [0.1, 0.15) is 5.69 Å². The number of carbonyl (C=O) groups is 1. The van der Waals surface area contributed by atoms with Crippen molar-refractivity contribution < 1.29 is 4.79 Å². The quantitative estimate of drug-likeness (QED) is 0.922. The van der Waals surface area contributed by atoms with Crippen LogP contribution >= 0.6 is 11.3 Å². The van der Waals surface area contributed by atoms with Gasteiger partial charge in [-0.15, -0.1) is 11.3 Å². The summed E-state index contributed by atoms with van der Waals surface area (Å²) in [7, 11) is 0. The van der Waals surface area contributed by atoms with E-state index in [1.807, 2.05) is 42.2 Å². The number of aromatic nitrogens is 1. The van der Waals surface area contributed by atoms with Gasteiger partial charge >= 0.3 is 0 Å². The van der Waals surface area contributed by atoms with Gasteiger partial charge in [0.2, 0.25) is 0 Å². The third kappa shape index (κ3) is 2.46. The van der Waals surface area contributed by atoms with Crippen LogP contribution in [0.25, 0.3) is 10.4 Å². The molecular weight excluding hydrogens is 270 g/mol. The zero-order valence-corrected chi connectivity index (χ0v) is 12.2. The lowest BCUT2D eigenvalue weighted by Gasteiger charge is -2.15. The van der Waals surface area contributed by atoms with Crippen molar-refractivity contribution in [1.29, 1.82) is 0 Å². The predicted molar refractivity (Wildman–Crippen MR) is 80.8 cm³/mol. The van der Waals surface area contributed by atoms with E-state index in [2.05, 4.69) is 4.98 Å². The summed E-state index contributed by atoms with van der Waals surface area (Å²) >= 11 is 1.57. The first-order valence-corrected chi connectivity index (χ1v) is 7.54. The van der Waals surface area contributed by atoms with E-state index in [4.69, 9.17) is 5.73 Å². The molecule has 1 saturated heterocycles. The normalized spacial score (nSPS) is 18.5. The highest BCUT2D eigenvalue weighted by molar-refractivity contribution is 7.15. The minimum Gasteiger partial charge on any atom is -0.336 e. The van der Waals surface area contributed by atoms with E-state index in [-0.39, 0.29) is 11.9 Å². The van der Waals surface area contributed by atoms with E-state index in [1.165, 1.54) is 0 Å². The molecule has 1 atom stereocenters. The monoisotopic (exact) mass is 287 g/mol. The molecule has 1 amide bonds. The van der Waals surface area contributed by atoms with Crippen LogP contribution in [0.4, 0.5) is 0 Å². The summed E-state index contributed by atoms with van der Waals surface area (Å²) in [5, 5.41) is 0.913. The Bertz CT molecular complexity index is 623. The van der Waals surface area contributed by atoms with Crippen LogP contribution < -0.4 is 5.73 Å². The molecule has 4 nitrogen and oxygen atoms in total. The number of hydrogen-bond donors (Lipinski definition) is 1. The molecule has 5 heteroatoms. The van der Waals surface area contributed by atoms with Crippen LogP contribution in [0.2, 0.25) is 0 Å². The molecule has 1 aromatic heterocycles. The van der Waals surface area contributed by atoms with Gasteiger partial charge in [0.05, 0.1) is 9.88 Å². The second-order valence-corrected chi connectivity index (χ2v) is 6.28. The Labute approximate surface area is 122 Å². The summed E-state index contributed by atoms with van der Waals surface area (Å²) in [6, 6.07) is 10.0. The predicted octanol–water partition coefficient (Wildman–Crippen LogP) is 2.29. The molecule has 1 fully saturated rings. The molecule has 2 aromatic rings. The van der Waals surface area contributed by atoms with Crippen molar-refractivity contribution in [2.45, 2.75) is 19.4 Å². The number of nitrogens with two attached hydrogens (primary N) is 1. The van der Waals surface area contributed by atoms with E-state index in [0.717, 1.165) is 28.4 Å². The maximum absolute atomic E-state index is 12.6. The Kier molecular flexibility index (Phi) is 3.54. The number of likely N-dealkylation sites (tertiary alicyclic amines) is 1. The summed E-state index contributed by atoms with van der Waals surface area (Å²) in [6.45, 7) is 3.29. The molecule has 20 heavy (non-hydrogen) atoms. The number of hydrogen-bond acceptors (Lipinski definition) is 4. The summed E-state index contributed by atoms with van der Waals surface area (Å²) in [4.78, 5) is 19.8. The topological polar surface area (TPSA) is 59.2 Å². The molecule has 0 aliphatic carbocycles. The van der Waals surface area contributed by atoms with Gasteiger partial charge in [-0.25, -0.2) is 4.98 Å². The van der Waals surface area contributed by atoms with Crippen molar-refractivity contribution in [3.05, 3.63) is 41.0 Å². The van der Waals surface area contributed by atoms with Crippen LogP contribution in [0.1, 0.15) is 21.9 Å². The molecule has 1 aliphatic heterocycles. The van der Waals surface area contributed by atoms with E-state index in [1.54, 1.807) is 11.3 Å². The fraction of sp³-hybridized carbons (Fsp3) is 0.333. The standard InChI is InChI=1S/C15H17N3OS/c1-10-17-13(15(19)18-8-7-12(16)9-18)14(20-10)11-5-3-2-4-6-11/h2-6,12H,7-9,16H2,1H3.